The first kappa shape index (κ1) is 20.2. The van der Waals surface area contributed by atoms with Gasteiger partial charge in [-0.15, -0.1) is 6.58 Å². The maximum Gasteiger partial charge on any atom is 0.189 e. The van der Waals surface area contributed by atoms with E-state index >= 15 is 0 Å². The number of ether oxygens (including phenoxy) is 3. The van der Waals surface area contributed by atoms with Gasteiger partial charge in [-0.05, 0) is 49.3 Å². The van der Waals surface area contributed by atoms with Gasteiger partial charge in [0.05, 0.1) is 7.11 Å². The van der Waals surface area contributed by atoms with E-state index in [1.807, 2.05) is 6.92 Å². The summed E-state index contributed by atoms with van der Waals surface area (Å²) in [6.45, 7) is 8.18. The summed E-state index contributed by atoms with van der Waals surface area (Å²) in [5, 5.41) is 0. The molecule has 1 aromatic carbocycles. The second kappa shape index (κ2) is 8.09. The van der Waals surface area contributed by atoms with Crippen LogP contribution < -0.4 is 4.74 Å². The van der Waals surface area contributed by atoms with Gasteiger partial charge in [-0.25, -0.2) is 0 Å². The van der Waals surface area contributed by atoms with Crippen LogP contribution in [0.4, 0.5) is 0 Å². The molecule has 26 heavy (non-hydrogen) atoms. The Hall–Kier alpha value is -2.07. The summed E-state index contributed by atoms with van der Waals surface area (Å²) in [4.78, 5) is 12.3. The second-order valence-electron chi connectivity index (χ2n) is 7.04. The largest absolute Gasteiger partial charge is 0.496 e. The Kier molecular flexibility index (Phi) is 6.30. The zero-order valence-corrected chi connectivity index (χ0v) is 15.2. The number of ketones is 1. The molecule has 142 valence electrons. The minimum absolute atomic E-state index is 0. The van der Waals surface area contributed by atoms with Gasteiger partial charge in [0.25, 0.3) is 0 Å². The van der Waals surface area contributed by atoms with Gasteiger partial charge < -0.3 is 14.2 Å². The molecule has 2 aliphatic rings. The van der Waals surface area contributed by atoms with Crippen LogP contribution in [0.1, 0.15) is 38.3 Å². The van der Waals surface area contributed by atoms with E-state index < -0.39 is 5.60 Å². The van der Waals surface area contributed by atoms with Gasteiger partial charge >= 0.3 is 0 Å². The van der Waals surface area contributed by atoms with Crippen molar-refractivity contribution in [1.29, 1.82) is 0 Å². The molecule has 3 rings (SSSR count). The minimum Gasteiger partial charge on any atom is -0.496 e. The van der Waals surface area contributed by atoms with Gasteiger partial charge in [0.2, 0.25) is 0 Å². The molecule has 0 spiro atoms. The van der Waals surface area contributed by atoms with E-state index in [0.717, 1.165) is 17.7 Å². The first-order valence-electron chi connectivity index (χ1n) is 8.77. The molecule has 4 nitrogen and oxygen atoms in total. The second-order valence-corrected chi connectivity index (χ2v) is 7.04. The van der Waals surface area contributed by atoms with E-state index in [1.165, 1.54) is 5.56 Å². The summed E-state index contributed by atoms with van der Waals surface area (Å²) in [6, 6.07) is 6.28. The zero-order chi connectivity index (χ0) is 18.0. The summed E-state index contributed by atoms with van der Waals surface area (Å²) < 4.78 is 17.2. The molecule has 0 N–H and O–H groups in total. The van der Waals surface area contributed by atoms with E-state index in [9.17, 15) is 4.79 Å². The normalized spacial score (nSPS) is 25.4. The predicted octanol–water partition coefficient (Wildman–Crippen LogP) is 4.61. The van der Waals surface area contributed by atoms with Crippen molar-refractivity contribution >= 4 is 5.78 Å². The Morgan fingerprint density at radius 3 is 2.92 bits per heavy atom. The first-order chi connectivity index (χ1) is 12.0. The lowest BCUT2D eigenvalue weighted by Crippen LogP contribution is -2.44. The lowest BCUT2D eigenvalue weighted by atomic mass is 9.71. The Balaban J connectivity index is 0.00000243. The van der Waals surface area contributed by atoms with Gasteiger partial charge in [0.15, 0.2) is 12.6 Å². The third-order valence-electron chi connectivity index (χ3n) is 5.43. The van der Waals surface area contributed by atoms with Gasteiger partial charge in [0.1, 0.15) is 17.1 Å². The van der Waals surface area contributed by atoms with Crippen molar-refractivity contribution in [3.05, 3.63) is 53.8 Å². The molecule has 1 aliphatic carbocycles. The fraction of sp³-hybridized carbons (Fsp3) is 0.500. The summed E-state index contributed by atoms with van der Waals surface area (Å²) in [5.41, 5.74) is 1.78. The van der Waals surface area contributed by atoms with Crippen molar-refractivity contribution in [2.24, 2.45) is 11.8 Å². The average Bonchev–Trinajstić information content (AvgIpc) is 3.01. The highest BCUT2D eigenvalue weighted by Crippen LogP contribution is 2.46. The molecule has 0 amide bonds. The molecule has 0 saturated carbocycles. The Labute approximate surface area is 156 Å². The van der Waals surface area contributed by atoms with Crippen LogP contribution in [0, 0.1) is 18.8 Å². The maximum atomic E-state index is 12.3. The lowest BCUT2D eigenvalue weighted by Gasteiger charge is -2.38. The highest BCUT2D eigenvalue weighted by molar-refractivity contribution is 5.93. The van der Waals surface area contributed by atoms with Crippen molar-refractivity contribution in [2.75, 3.05) is 13.9 Å². The zero-order valence-electron chi connectivity index (χ0n) is 15.2. The molecule has 0 aromatic heterocycles. The quantitative estimate of drug-likeness (QED) is 0.697. The molecule has 1 heterocycles. The molecule has 4 heteroatoms. The number of fused-ring (bicyclic) bond motifs is 1. The van der Waals surface area contributed by atoms with Crippen molar-refractivity contribution in [2.45, 2.75) is 46.1 Å². The smallest absolute Gasteiger partial charge is 0.189 e. The number of hydrogen-bond acceptors (Lipinski definition) is 4. The third kappa shape index (κ3) is 3.56. The highest BCUT2D eigenvalue weighted by atomic mass is 16.7. The predicted molar refractivity (Wildman–Crippen MR) is 103 cm³/mol. The topological polar surface area (TPSA) is 44.8 Å². The van der Waals surface area contributed by atoms with Crippen LogP contribution in [0.15, 0.2) is 42.7 Å². The lowest BCUT2D eigenvalue weighted by molar-refractivity contribution is -0.123. The summed E-state index contributed by atoms with van der Waals surface area (Å²) in [5.74, 6) is 1.78. The van der Waals surface area contributed by atoms with Crippen LogP contribution in [0.5, 0.6) is 5.75 Å². The molecular weight excluding hydrogens is 328 g/mol. The molecule has 1 fully saturated rings. The number of hydrogen-bond donors (Lipinski definition) is 0. The molecule has 0 radical (unpaired) electrons. The monoisotopic (exact) mass is 358 g/mol. The Bertz CT molecular complexity index is 706. The van der Waals surface area contributed by atoms with Gasteiger partial charge in [-0.3, -0.25) is 4.79 Å². The summed E-state index contributed by atoms with van der Waals surface area (Å²) in [7, 11) is 1.69. The van der Waals surface area contributed by atoms with E-state index in [4.69, 9.17) is 14.2 Å². The molecule has 1 unspecified atom stereocenters. The molecule has 3 atom stereocenters. The number of carbonyl (C=O) groups is 1. The number of allylic oxidation sites excluding steroid dienone is 2. The van der Waals surface area contributed by atoms with Crippen molar-refractivity contribution in [1.82, 2.24) is 0 Å². The van der Waals surface area contributed by atoms with Crippen LogP contribution in [0.2, 0.25) is 0 Å². The van der Waals surface area contributed by atoms with Gasteiger partial charge in [-0.1, -0.05) is 32.6 Å². The number of benzene rings is 1. The SMILES string of the molecule is C.C=CC[C@H]1C[C@]2(C(C)Cc3ccc(C)c(OC)c3)OCOC2=CC1=O. The molecular formula is C22H30O4. The third-order valence-corrected chi connectivity index (χ3v) is 5.43. The Morgan fingerprint density at radius 2 is 2.23 bits per heavy atom. The van der Waals surface area contributed by atoms with Crippen LogP contribution in [-0.4, -0.2) is 25.3 Å². The van der Waals surface area contributed by atoms with Gasteiger partial charge in [0, 0.05) is 12.0 Å². The van der Waals surface area contributed by atoms with Crippen LogP contribution in [0.25, 0.3) is 0 Å². The molecule has 1 saturated heterocycles. The first-order valence-corrected chi connectivity index (χ1v) is 8.77. The number of aryl methyl sites for hydroxylation is 1. The van der Waals surface area contributed by atoms with E-state index in [-0.39, 0.29) is 31.8 Å². The van der Waals surface area contributed by atoms with Gasteiger partial charge in [-0.2, -0.15) is 0 Å². The standard InChI is InChI=1S/C21H26O4.CH4/c1-5-6-17-12-21(20(11-18(17)22)24-13-25-21)15(3)9-16-8-7-14(2)19(10-16)23-4;/h5,7-8,10-11,15,17H,1,6,9,12-13H2,2-4H3;1H4/t15?,17-,21+;/m0./s1. The highest BCUT2D eigenvalue weighted by Gasteiger charge is 2.51. The fourth-order valence-corrected chi connectivity index (χ4v) is 3.93. The number of methoxy groups -OCH3 is 1. The fourth-order valence-electron chi connectivity index (χ4n) is 3.93. The van der Waals surface area contributed by atoms with Crippen molar-refractivity contribution < 1.29 is 19.0 Å². The average molecular weight is 358 g/mol. The van der Waals surface area contributed by atoms with Crippen molar-refractivity contribution in [3.63, 3.8) is 0 Å². The molecule has 1 aromatic rings. The van der Waals surface area contributed by atoms with E-state index in [0.29, 0.717) is 18.6 Å². The van der Waals surface area contributed by atoms with Crippen LogP contribution in [-0.2, 0) is 20.7 Å². The number of rotatable bonds is 6. The van der Waals surface area contributed by atoms with Crippen LogP contribution in [0.3, 0.4) is 0 Å². The summed E-state index contributed by atoms with van der Waals surface area (Å²) >= 11 is 0. The Morgan fingerprint density at radius 1 is 1.46 bits per heavy atom. The number of carbonyl (C=O) groups excluding carboxylic acids is 1. The van der Waals surface area contributed by atoms with Crippen LogP contribution >= 0.6 is 0 Å². The maximum absolute atomic E-state index is 12.3. The minimum atomic E-state index is -0.528. The van der Waals surface area contributed by atoms with E-state index in [1.54, 1.807) is 19.3 Å². The summed E-state index contributed by atoms with van der Waals surface area (Å²) in [6.07, 6.45) is 5.58. The molecule has 0 bridgehead atoms. The van der Waals surface area contributed by atoms with E-state index in [2.05, 4.69) is 31.7 Å². The van der Waals surface area contributed by atoms with Crippen molar-refractivity contribution in [3.8, 4) is 5.75 Å². The molecule has 1 aliphatic heterocycles.